The molecule has 282 valence electrons. The molecule has 0 saturated carbocycles. The average molecular weight is 687 g/mol. The van der Waals surface area contributed by atoms with Gasteiger partial charge in [-0.15, -0.1) is 0 Å². The van der Waals surface area contributed by atoms with Gasteiger partial charge in [-0.2, -0.15) is 0 Å². The van der Waals surface area contributed by atoms with E-state index in [0.29, 0.717) is 6.42 Å². The van der Waals surface area contributed by atoms with Gasteiger partial charge in [0, 0.05) is 12.8 Å². The quantitative estimate of drug-likeness (QED) is 0.0347. The summed E-state index contributed by atoms with van der Waals surface area (Å²) in [6.07, 6.45) is 20.8. The SMILES string of the molecule is CCCCC/C=C\CCCCCCCC(=O)OC(COC(=O)CCCCCCCCCCCCC)COC1OC(CO)C(O)C(O)C1O. The molecular weight excluding hydrogens is 616 g/mol. The van der Waals surface area contributed by atoms with E-state index in [1.807, 2.05) is 0 Å². The zero-order chi connectivity index (χ0) is 35.2. The lowest BCUT2D eigenvalue weighted by Gasteiger charge is -2.39. The number of hydrogen-bond donors (Lipinski definition) is 4. The molecule has 10 nitrogen and oxygen atoms in total. The molecule has 0 aromatic heterocycles. The number of ether oxygens (including phenoxy) is 4. The zero-order valence-electron chi connectivity index (χ0n) is 30.2. The van der Waals surface area contributed by atoms with Crippen molar-refractivity contribution in [2.24, 2.45) is 0 Å². The van der Waals surface area contributed by atoms with Gasteiger partial charge in [0.05, 0.1) is 13.2 Å². The number of unbranched alkanes of at least 4 members (excludes halogenated alkanes) is 18. The van der Waals surface area contributed by atoms with Crippen LogP contribution in [0.15, 0.2) is 12.2 Å². The molecular formula is C38H70O10. The van der Waals surface area contributed by atoms with E-state index >= 15 is 0 Å². The van der Waals surface area contributed by atoms with Crippen LogP contribution in [0.3, 0.4) is 0 Å². The normalized spacial score (nSPS) is 21.8. The molecule has 10 heteroatoms. The Kier molecular flexibility index (Phi) is 28.0. The molecule has 1 heterocycles. The Morgan fingerprint density at radius 2 is 1.10 bits per heavy atom. The summed E-state index contributed by atoms with van der Waals surface area (Å²) >= 11 is 0. The minimum Gasteiger partial charge on any atom is -0.462 e. The number of carbonyl (C=O) groups excluding carboxylic acids is 2. The maximum Gasteiger partial charge on any atom is 0.306 e. The van der Waals surface area contributed by atoms with Crippen molar-refractivity contribution < 1.29 is 49.0 Å². The first-order chi connectivity index (χ1) is 23.3. The van der Waals surface area contributed by atoms with Gasteiger partial charge < -0.3 is 39.4 Å². The molecule has 0 aliphatic carbocycles. The second kappa shape index (κ2) is 30.3. The Morgan fingerprint density at radius 3 is 1.67 bits per heavy atom. The molecule has 1 rings (SSSR count). The Morgan fingerprint density at radius 1 is 0.625 bits per heavy atom. The highest BCUT2D eigenvalue weighted by atomic mass is 16.7. The minimum atomic E-state index is -1.59. The second-order valence-corrected chi connectivity index (χ2v) is 13.4. The summed E-state index contributed by atoms with van der Waals surface area (Å²) in [6, 6.07) is 0. The average Bonchev–Trinajstić information content (AvgIpc) is 3.08. The standard InChI is InChI=1S/C38H70O10/c1-3-5-7-9-11-13-15-17-19-21-23-25-27-34(41)47-31(30-46-38-37(44)36(43)35(42)32(28-39)48-38)29-45-33(40)26-24-22-20-18-16-14-12-10-8-6-4-2/h11,13,31-32,35-39,42-44H,3-10,12,14-30H2,1-2H3/b13-11-. The van der Waals surface area contributed by atoms with Crippen molar-refractivity contribution in [2.75, 3.05) is 19.8 Å². The topological polar surface area (TPSA) is 152 Å². The Balaban J connectivity index is 2.41. The van der Waals surface area contributed by atoms with Gasteiger partial charge >= 0.3 is 11.9 Å². The molecule has 0 spiro atoms. The Bertz CT molecular complexity index is 804. The van der Waals surface area contributed by atoms with E-state index in [2.05, 4.69) is 26.0 Å². The highest BCUT2D eigenvalue weighted by Crippen LogP contribution is 2.22. The fourth-order valence-electron chi connectivity index (χ4n) is 5.77. The highest BCUT2D eigenvalue weighted by molar-refractivity contribution is 5.70. The van der Waals surface area contributed by atoms with Crippen LogP contribution in [0.4, 0.5) is 0 Å². The van der Waals surface area contributed by atoms with E-state index in [9.17, 15) is 30.0 Å². The number of allylic oxidation sites excluding steroid dienone is 2. The van der Waals surface area contributed by atoms with Crippen molar-refractivity contribution in [2.45, 2.75) is 198 Å². The van der Waals surface area contributed by atoms with Crippen LogP contribution in [-0.2, 0) is 28.5 Å². The smallest absolute Gasteiger partial charge is 0.306 e. The van der Waals surface area contributed by atoms with Gasteiger partial charge in [0.15, 0.2) is 12.4 Å². The number of esters is 2. The van der Waals surface area contributed by atoms with E-state index in [1.165, 1.54) is 70.6 Å². The third kappa shape index (κ3) is 22.2. The van der Waals surface area contributed by atoms with E-state index in [1.54, 1.807) is 0 Å². The van der Waals surface area contributed by atoms with Crippen LogP contribution in [0, 0.1) is 0 Å². The molecule has 0 aromatic carbocycles. The number of aliphatic hydroxyl groups is 4. The molecule has 0 amide bonds. The lowest BCUT2D eigenvalue weighted by Crippen LogP contribution is -2.59. The number of hydrogen-bond acceptors (Lipinski definition) is 10. The van der Waals surface area contributed by atoms with E-state index in [4.69, 9.17) is 18.9 Å². The minimum absolute atomic E-state index is 0.216. The van der Waals surface area contributed by atoms with Crippen molar-refractivity contribution in [1.82, 2.24) is 0 Å². The van der Waals surface area contributed by atoms with Crippen LogP contribution in [0.1, 0.15) is 162 Å². The molecule has 1 saturated heterocycles. The fraction of sp³-hybridized carbons (Fsp3) is 0.895. The highest BCUT2D eigenvalue weighted by Gasteiger charge is 2.44. The van der Waals surface area contributed by atoms with Crippen LogP contribution in [0.2, 0.25) is 0 Å². The van der Waals surface area contributed by atoms with Gasteiger partial charge in [-0.05, 0) is 38.5 Å². The van der Waals surface area contributed by atoms with E-state index in [0.717, 1.165) is 57.8 Å². The van der Waals surface area contributed by atoms with E-state index in [-0.39, 0.29) is 32.0 Å². The van der Waals surface area contributed by atoms with Gasteiger partial charge in [0.2, 0.25) is 0 Å². The van der Waals surface area contributed by atoms with Gasteiger partial charge in [0.1, 0.15) is 31.0 Å². The third-order valence-corrected chi connectivity index (χ3v) is 8.90. The summed E-state index contributed by atoms with van der Waals surface area (Å²) in [4.78, 5) is 25.1. The molecule has 0 radical (unpaired) electrons. The van der Waals surface area contributed by atoms with Gasteiger partial charge in [-0.25, -0.2) is 0 Å². The molecule has 0 bridgehead atoms. The Labute approximate surface area is 291 Å². The fourth-order valence-corrected chi connectivity index (χ4v) is 5.77. The second-order valence-electron chi connectivity index (χ2n) is 13.4. The van der Waals surface area contributed by atoms with Gasteiger partial charge in [-0.3, -0.25) is 9.59 Å². The summed E-state index contributed by atoms with van der Waals surface area (Å²) in [5, 5.41) is 39.9. The molecule has 6 unspecified atom stereocenters. The zero-order valence-corrected chi connectivity index (χ0v) is 30.2. The van der Waals surface area contributed by atoms with Crippen LogP contribution in [0.25, 0.3) is 0 Å². The number of rotatable bonds is 31. The maximum atomic E-state index is 12.7. The van der Waals surface area contributed by atoms with Crippen LogP contribution >= 0.6 is 0 Å². The number of carbonyl (C=O) groups is 2. The van der Waals surface area contributed by atoms with Gasteiger partial charge in [-0.1, -0.05) is 122 Å². The molecule has 1 aliphatic rings. The lowest BCUT2D eigenvalue weighted by atomic mass is 9.99. The molecule has 48 heavy (non-hydrogen) atoms. The molecule has 0 aromatic rings. The largest absolute Gasteiger partial charge is 0.462 e. The van der Waals surface area contributed by atoms with Crippen molar-refractivity contribution >= 4 is 11.9 Å². The van der Waals surface area contributed by atoms with Crippen LogP contribution < -0.4 is 0 Å². The van der Waals surface area contributed by atoms with Crippen LogP contribution in [0.5, 0.6) is 0 Å². The molecule has 1 fully saturated rings. The summed E-state index contributed by atoms with van der Waals surface area (Å²) < 4.78 is 22.0. The van der Waals surface area contributed by atoms with Crippen molar-refractivity contribution in [3.05, 3.63) is 12.2 Å². The molecule has 4 N–H and O–H groups in total. The predicted molar refractivity (Wildman–Crippen MR) is 187 cm³/mol. The summed E-state index contributed by atoms with van der Waals surface area (Å²) in [7, 11) is 0. The lowest BCUT2D eigenvalue weighted by molar-refractivity contribution is -0.305. The predicted octanol–water partition coefficient (Wildman–Crippen LogP) is 6.83. The molecule has 6 atom stereocenters. The van der Waals surface area contributed by atoms with Crippen molar-refractivity contribution in [1.29, 1.82) is 0 Å². The third-order valence-electron chi connectivity index (χ3n) is 8.90. The first-order valence-corrected chi connectivity index (χ1v) is 19.3. The monoisotopic (exact) mass is 686 g/mol. The maximum absolute atomic E-state index is 12.7. The summed E-state index contributed by atoms with van der Waals surface area (Å²) in [5.74, 6) is -0.815. The Hall–Kier alpha value is -1.56. The van der Waals surface area contributed by atoms with Crippen molar-refractivity contribution in [3.8, 4) is 0 Å². The van der Waals surface area contributed by atoms with Gasteiger partial charge in [0.25, 0.3) is 0 Å². The molecule has 1 aliphatic heterocycles. The van der Waals surface area contributed by atoms with E-state index < -0.39 is 49.4 Å². The van der Waals surface area contributed by atoms with Crippen LogP contribution in [-0.4, -0.2) is 89.0 Å². The first-order valence-electron chi connectivity index (χ1n) is 19.3. The first kappa shape index (κ1) is 44.5. The van der Waals surface area contributed by atoms with Crippen molar-refractivity contribution in [3.63, 3.8) is 0 Å². The summed E-state index contributed by atoms with van der Waals surface area (Å²) in [5.41, 5.74) is 0. The summed E-state index contributed by atoms with van der Waals surface area (Å²) in [6.45, 7) is 3.36. The number of aliphatic hydroxyl groups excluding tert-OH is 4.